The van der Waals surface area contributed by atoms with E-state index in [0.29, 0.717) is 16.6 Å². The minimum Gasteiger partial charge on any atom is -0.479 e. The Morgan fingerprint density at radius 2 is 1.48 bits per heavy atom. The molecule has 0 amide bonds. The third-order valence-corrected chi connectivity index (χ3v) is 3.34. The SMILES string of the molecule is COc1n/c(=C\c2ccccc2)c(=O)[nH]/c1=C\c1ccccc1. The van der Waals surface area contributed by atoms with Gasteiger partial charge in [0.1, 0.15) is 10.7 Å². The molecule has 1 N–H and O–H groups in total. The average Bonchev–Trinajstić information content (AvgIpc) is 2.59. The molecule has 0 fully saturated rings. The van der Waals surface area contributed by atoms with Crippen molar-refractivity contribution in [3.8, 4) is 5.88 Å². The summed E-state index contributed by atoms with van der Waals surface area (Å²) in [6.45, 7) is 0. The van der Waals surface area contributed by atoms with Crippen LogP contribution in [0, 0.1) is 0 Å². The molecule has 23 heavy (non-hydrogen) atoms. The zero-order valence-electron chi connectivity index (χ0n) is 12.7. The van der Waals surface area contributed by atoms with Crippen LogP contribution in [-0.4, -0.2) is 17.1 Å². The molecule has 4 nitrogen and oxygen atoms in total. The van der Waals surface area contributed by atoms with Gasteiger partial charge in [0, 0.05) is 0 Å². The number of nitrogens with one attached hydrogen (secondary N) is 1. The monoisotopic (exact) mass is 304 g/mol. The Balaban J connectivity index is 2.16. The Kier molecular flexibility index (Phi) is 4.34. The van der Waals surface area contributed by atoms with E-state index in [2.05, 4.69) is 9.97 Å². The van der Waals surface area contributed by atoms with Crippen LogP contribution in [0.15, 0.2) is 65.5 Å². The molecule has 0 aliphatic rings. The quantitative estimate of drug-likeness (QED) is 0.796. The first-order valence-corrected chi connectivity index (χ1v) is 7.24. The Bertz CT molecular complexity index is 962. The van der Waals surface area contributed by atoms with Gasteiger partial charge in [0.2, 0.25) is 5.88 Å². The molecule has 0 bridgehead atoms. The van der Waals surface area contributed by atoms with E-state index in [1.54, 1.807) is 6.08 Å². The van der Waals surface area contributed by atoms with Gasteiger partial charge >= 0.3 is 0 Å². The van der Waals surface area contributed by atoms with E-state index in [-0.39, 0.29) is 5.56 Å². The average molecular weight is 304 g/mol. The predicted octanol–water partition coefficient (Wildman–Crippen LogP) is 1.44. The van der Waals surface area contributed by atoms with Crippen LogP contribution in [-0.2, 0) is 0 Å². The van der Waals surface area contributed by atoms with Crippen LogP contribution in [0.5, 0.6) is 5.88 Å². The second kappa shape index (κ2) is 6.75. The zero-order chi connectivity index (χ0) is 16.1. The lowest BCUT2D eigenvalue weighted by atomic mass is 10.2. The fourth-order valence-electron chi connectivity index (χ4n) is 2.23. The number of nitrogens with zero attached hydrogens (tertiary/aromatic N) is 1. The summed E-state index contributed by atoms with van der Waals surface area (Å²) in [4.78, 5) is 19.4. The smallest absolute Gasteiger partial charge is 0.274 e. The van der Waals surface area contributed by atoms with Crippen LogP contribution in [0.3, 0.4) is 0 Å². The van der Waals surface area contributed by atoms with Crippen LogP contribution >= 0.6 is 0 Å². The minimum absolute atomic E-state index is 0.253. The van der Waals surface area contributed by atoms with Gasteiger partial charge in [-0.3, -0.25) is 4.79 Å². The second-order valence-corrected chi connectivity index (χ2v) is 4.98. The topological polar surface area (TPSA) is 55.0 Å². The van der Waals surface area contributed by atoms with Crippen molar-refractivity contribution in [1.29, 1.82) is 0 Å². The molecule has 2 aromatic carbocycles. The highest BCUT2D eigenvalue weighted by molar-refractivity contribution is 5.50. The number of aromatic amines is 1. The van der Waals surface area contributed by atoms with Crippen molar-refractivity contribution in [3.05, 3.63) is 92.8 Å². The predicted molar refractivity (Wildman–Crippen MR) is 90.7 cm³/mol. The highest BCUT2D eigenvalue weighted by Crippen LogP contribution is 2.00. The fourth-order valence-corrected chi connectivity index (χ4v) is 2.23. The third-order valence-electron chi connectivity index (χ3n) is 3.34. The molecule has 1 aromatic heterocycles. The maximum absolute atomic E-state index is 12.3. The molecule has 0 saturated heterocycles. The van der Waals surface area contributed by atoms with Gasteiger partial charge in [0.05, 0.1) is 7.11 Å². The van der Waals surface area contributed by atoms with Crippen molar-refractivity contribution in [3.63, 3.8) is 0 Å². The highest BCUT2D eigenvalue weighted by atomic mass is 16.5. The summed E-state index contributed by atoms with van der Waals surface area (Å²) in [5.41, 5.74) is 1.62. The molecule has 0 atom stereocenters. The molecule has 3 rings (SSSR count). The molecular weight excluding hydrogens is 288 g/mol. The van der Waals surface area contributed by atoms with E-state index in [4.69, 9.17) is 4.74 Å². The summed E-state index contributed by atoms with van der Waals surface area (Å²) < 4.78 is 5.32. The van der Waals surface area contributed by atoms with Crippen molar-refractivity contribution in [2.24, 2.45) is 0 Å². The molecule has 4 heteroatoms. The molecule has 3 aromatic rings. The Morgan fingerprint density at radius 3 is 2.04 bits per heavy atom. The van der Waals surface area contributed by atoms with Crippen LogP contribution in [0.2, 0.25) is 0 Å². The van der Waals surface area contributed by atoms with Gasteiger partial charge in [-0.25, -0.2) is 4.98 Å². The normalized spacial score (nSPS) is 12.4. The van der Waals surface area contributed by atoms with Crippen molar-refractivity contribution in [2.45, 2.75) is 0 Å². The maximum atomic E-state index is 12.3. The number of benzene rings is 2. The summed E-state index contributed by atoms with van der Waals surface area (Å²) in [5, 5.41) is 0.868. The lowest BCUT2D eigenvalue weighted by molar-refractivity contribution is 0.389. The minimum atomic E-state index is -0.253. The number of H-pyrrole nitrogens is 1. The summed E-state index contributed by atoms with van der Waals surface area (Å²) in [6, 6.07) is 19.3. The fraction of sp³-hybridized carbons (Fsp3) is 0.0526. The molecule has 0 radical (unpaired) electrons. The Labute approximate surface area is 133 Å². The van der Waals surface area contributed by atoms with E-state index < -0.39 is 0 Å². The van der Waals surface area contributed by atoms with Gasteiger partial charge in [-0.1, -0.05) is 60.7 Å². The third kappa shape index (κ3) is 3.55. The van der Waals surface area contributed by atoms with Gasteiger partial charge < -0.3 is 9.72 Å². The molecular formula is C19H16N2O2. The van der Waals surface area contributed by atoms with Gasteiger partial charge in [-0.15, -0.1) is 0 Å². The molecule has 0 aliphatic heterocycles. The second-order valence-electron chi connectivity index (χ2n) is 4.98. The lowest BCUT2D eigenvalue weighted by Gasteiger charge is -2.00. The zero-order valence-corrected chi connectivity index (χ0v) is 12.7. The van der Waals surface area contributed by atoms with Crippen LogP contribution in [0.4, 0.5) is 0 Å². The molecule has 0 aliphatic carbocycles. The first kappa shape index (κ1) is 14.8. The van der Waals surface area contributed by atoms with Crippen molar-refractivity contribution < 1.29 is 4.74 Å². The van der Waals surface area contributed by atoms with Gasteiger partial charge in [-0.05, 0) is 23.3 Å². The molecule has 1 heterocycles. The van der Waals surface area contributed by atoms with E-state index in [0.717, 1.165) is 11.1 Å². The maximum Gasteiger partial charge on any atom is 0.274 e. The van der Waals surface area contributed by atoms with Gasteiger partial charge in [0.15, 0.2) is 0 Å². The first-order chi connectivity index (χ1) is 11.3. The van der Waals surface area contributed by atoms with E-state index in [1.165, 1.54) is 7.11 Å². The number of ether oxygens (including phenoxy) is 1. The van der Waals surface area contributed by atoms with E-state index >= 15 is 0 Å². The molecule has 0 unspecified atom stereocenters. The summed E-state index contributed by atoms with van der Waals surface area (Å²) in [5.74, 6) is 0.385. The largest absolute Gasteiger partial charge is 0.479 e. The van der Waals surface area contributed by atoms with Gasteiger partial charge in [-0.2, -0.15) is 0 Å². The van der Waals surface area contributed by atoms with Crippen LogP contribution in [0.25, 0.3) is 12.2 Å². The number of rotatable bonds is 3. The molecule has 0 saturated carbocycles. The Morgan fingerprint density at radius 1 is 0.913 bits per heavy atom. The molecule has 114 valence electrons. The van der Waals surface area contributed by atoms with Crippen LogP contribution < -0.4 is 21.0 Å². The summed E-state index contributed by atoms with van der Waals surface area (Å²) in [7, 11) is 1.54. The van der Waals surface area contributed by atoms with Crippen molar-refractivity contribution in [1.82, 2.24) is 9.97 Å². The summed E-state index contributed by atoms with van der Waals surface area (Å²) in [6.07, 6.45) is 3.56. The van der Waals surface area contributed by atoms with E-state index in [1.807, 2.05) is 66.7 Å². The molecule has 0 spiro atoms. The Hall–Kier alpha value is -3.14. The lowest BCUT2D eigenvalue weighted by Crippen LogP contribution is -2.37. The van der Waals surface area contributed by atoms with Crippen LogP contribution in [0.1, 0.15) is 11.1 Å². The van der Waals surface area contributed by atoms with Crippen molar-refractivity contribution in [2.75, 3.05) is 7.11 Å². The number of aromatic nitrogens is 2. The first-order valence-electron chi connectivity index (χ1n) is 7.24. The summed E-state index contributed by atoms with van der Waals surface area (Å²) >= 11 is 0. The van der Waals surface area contributed by atoms with Gasteiger partial charge in [0.25, 0.3) is 5.56 Å². The number of methoxy groups -OCH3 is 1. The standard InChI is InChI=1S/C19H16N2O2/c1-23-19-17(13-15-10-6-3-7-11-15)20-18(22)16(21-19)12-14-8-4-2-5-9-14/h2-13H,1H3,(H,20,22)/b16-12-,17-13-. The number of hydrogen-bond donors (Lipinski definition) is 1. The van der Waals surface area contributed by atoms with Crippen molar-refractivity contribution >= 4 is 12.2 Å². The van der Waals surface area contributed by atoms with E-state index in [9.17, 15) is 4.79 Å². The highest BCUT2D eigenvalue weighted by Gasteiger charge is 2.01. The number of hydrogen-bond acceptors (Lipinski definition) is 3.